The number of carbonyl (C=O) groups is 2. The van der Waals surface area contributed by atoms with Crippen LogP contribution in [0.2, 0.25) is 10.3 Å². The third kappa shape index (κ3) is 5.92. The number of anilines is 1. The highest BCUT2D eigenvalue weighted by atomic mass is 35.5. The van der Waals surface area contributed by atoms with Crippen LogP contribution in [-0.2, 0) is 9.47 Å². The molecule has 0 N–H and O–H groups in total. The molecule has 1 atom stereocenters. The third-order valence-corrected chi connectivity index (χ3v) is 5.12. The van der Waals surface area contributed by atoms with Crippen molar-refractivity contribution in [3.05, 3.63) is 28.6 Å². The van der Waals surface area contributed by atoms with Crippen molar-refractivity contribution < 1.29 is 19.1 Å². The van der Waals surface area contributed by atoms with E-state index < -0.39 is 23.4 Å². The molecular formula is C22H28Cl2N4O4. The summed E-state index contributed by atoms with van der Waals surface area (Å²) in [6, 6.07) is 3.03. The number of pyridine rings is 2. The van der Waals surface area contributed by atoms with Crippen LogP contribution in [0.1, 0.15) is 48.0 Å². The number of carbonyl (C=O) groups excluding carboxylic acids is 2. The van der Waals surface area contributed by atoms with Gasteiger partial charge in [0.05, 0.1) is 6.04 Å². The zero-order valence-electron chi connectivity index (χ0n) is 19.1. The summed E-state index contributed by atoms with van der Waals surface area (Å²) in [6.07, 6.45) is 1.14. The largest absolute Gasteiger partial charge is 0.444 e. The number of halogens is 2. The molecule has 0 aromatic carbocycles. The molecule has 8 nitrogen and oxygen atoms in total. The predicted octanol–water partition coefficient (Wildman–Crippen LogP) is 5.69. The first kappa shape index (κ1) is 24.3. The van der Waals surface area contributed by atoms with Gasteiger partial charge in [0.2, 0.25) is 0 Å². The van der Waals surface area contributed by atoms with E-state index in [1.807, 2.05) is 20.8 Å². The second-order valence-electron chi connectivity index (χ2n) is 9.72. The van der Waals surface area contributed by atoms with Gasteiger partial charge in [-0.25, -0.2) is 19.6 Å². The van der Waals surface area contributed by atoms with Crippen molar-refractivity contribution in [2.75, 3.05) is 18.0 Å². The highest BCUT2D eigenvalue weighted by Gasteiger charge is 2.38. The highest BCUT2D eigenvalue weighted by Crippen LogP contribution is 2.30. The van der Waals surface area contributed by atoms with Crippen molar-refractivity contribution in [2.24, 2.45) is 0 Å². The molecule has 10 heteroatoms. The van der Waals surface area contributed by atoms with Gasteiger partial charge in [0, 0.05) is 24.7 Å². The van der Waals surface area contributed by atoms with Crippen LogP contribution < -0.4 is 4.90 Å². The summed E-state index contributed by atoms with van der Waals surface area (Å²) in [6.45, 7) is 11.6. The Morgan fingerprint density at radius 2 is 1.75 bits per heavy atom. The van der Waals surface area contributed by atoms with Crippen molar-refractivity contribution in [2.45, 2.75) is 65.2 Å². The van der Waals surface area contributed by atoms with Crippen LogP contribution in [0.15, 0.2) is 18.3 Å². The molecule has 32 heavy (non-hydrogen) atoms. The lowest BCUT2D eigenvalue weighted by molar-refractivity contribution is 0.0287. The van der Waals surface area contributed by atoms with Gasteiger partial charge >= 0.3 is 12.2 Å². The maximum atomic E-state index is 13.2. The average molecular weight is 483 g/mol. The first-order valence-electron chi connectivity index (χ1n) is 10.4. The Bertz CT molecular complexity index is 1030. The fraction of sp³-hybridized carbons (Fsp3) is 0.545. The Morgan fingerprint density at radius 1 is 1.09 bits per heavy atom. The minimum atomic E-state index is -0.702. The van der Waals surface area contributed by atoms with Gasteiger partial charge in [-0.1, -0.05) is 23.2 Å². The van der Waals surface area contributed by atoms with Gasteiger partial charge in [-0.05, 0) is 65.5 Å². The minimum Gasteiger partial charge on any atom is -0.444 e. The number of likely N-dealkylation sites (tertiary alicyclic amines) is 1. The Labute approximate surface area is 197 Å². The molecule has 2 aromatic heterocycles. The van der Waals surface area contributed by atoms with Gasteiger partial charge in [0.15, 0.2) is 0 Å². The first-order valence-corrected chi connectivity index (χ1v) is 11.1. The van der Waals surface area contributed by atoms with Crippen LogP contribution in [0.25, 0.3) is 10.8 Å². The molecule has 3 heterocycles. The number of fused-ring (bicyclic) bond motifs is 1. The molecular weight excluding hydrogens is 455 g/mol. The Morgan fingerprint density at radius 3 is 2.38 bits per heavy atom. The zero-order chi connectivity index (χ0) is 23.8. The predicted molar refractivity (Wildman–Crippen MR) is 124 cm³/mol. The van der Waals surface area contributed by atoms with Crippen LogP contribution in [-0.4, -0.2) is 57.4 Å². The topological polar surface area (TPSA) is 84.9 Å². The second-order valence-corrected chi connectivity index (χ2v) is 10.5. The summed E-state index contributed by atoms with van der Waals surface area (Å²) in [5.74, 6) is 0.376. The van der Waals surface area contributed by atoms with E-state index >= 15 is 0 Å². The number of amides is 2. The van der Waals surface area contributed by atoms with Crippen LogP contribution in [0.4, 0.5) is 15.4 Å². The lowest BCUT2D eigenvalue weighted by Crippen LogP contribution is -2.46. The van der Waals surface area contributed by atoms with E-state index in [0.717, 1.165) is 0 Å². The van der Waals surface area contributed by atoms with E-state index in [2.05, 4.69) is 9.97 Å². The molecule has 0 bridgehead atoms. The number of nitrogens with zero attached hydrogens (tertiary/aromatic N) is 4. The fourth-order valence-corrected chi connectivity index (χ4v) is 3.88. The van der Waals surface area contributed by atoms with Gasteiger partial charge in [0.1, 0.15) is 27.3 Å². The Balaban J connectivity index is 1.94. The Kier molecular flexibility index (Phi) is 6.77. The molecule has 0 aliphatic carbocycles. The van der Waals surface area contributed by atoms with Gasteiger partial charge in [-0.2, -0.15) is 0 Å². The summed E-state index contributed by atoms with van der Waals surface area (Å²) in [4.78, 5) is 37.3. The normalized spacial score (nSPS) is 16.9. The summed E-state index contributed by atoms with van der Waals surface area (Å²) in [5.41, 5.74) is -1.31. The zero-order valence-corrected chi connectivity index (χ0v) is 20.6. The third-order valence-electron chi connectivity index (χ3n) is 4.64. The van der Waals surface area contributed by atoms with Gasteiger partial charge in [-0.3, -0.25) is 4.90 Å². The Hall–Kier alpha value is -2.32. The molecule has 2 amide bonds. The summed E-state index contributed by atoms with van der Waals surface area (Å²) in [5, 5.41) is 1.77. The molecule has 0 saturated carbocycles. The van der Waals surface area contributed by atoms with E-state index in [9.17, 15) is 9.59 Å². The smallest absolute Gasteiger partial charge is 0.416 e. The maximum Gasteiger partial charge on any atom is 0.416 e. The van der Waals surface area contributed by atoms with Crippen molar-refractivity contribution in [1.82, 2.24) is 14.9 Å². The summed E-state index contributed by atoms with van der Waals surface area (Å²) in [7, 11) is 0. The van der Waals surface area contributed by atoms with Crippen molar-refractivity contribution in [3.8, 4) is 0 Å². The van der Waals surface area contributed by atoms with E-state index in [0.29, 0.717) is 36.1 Å². The molecule has 0 unspecified atom stereocenters. The quantitative estimate of drug-likeness (QED) is 0.511. The van der Waals surface area contributed by atoms with Gasteiger partial charge in [0.25, 0.3) is 0 Å². The minimum absolute atomic E-state index is 0.229. The number of hydrogen-bond acceptors (Lipinski definition) is 6. The lowest BCUT2D eigenvalue weighted by atomic mass is 10.2. The molecule has 2 aromatic rings. The van der Waals surface area contributed by atoms with Crippen LogP contribution in [0.3, 0.4) is 0 Å². The van der Waals surface area contributed by atoms with E-state index in [-0.39, 0.29) is 16.3 Å². The maximum absolute atomic E-state index is 13.2. The number of ether oxygens (including phenoxy) is 2. The molecule has 0 radical (unpaired) electrons. The van der Waals surface area contributed by atoms with Crippen molar-refractivity contribution >= 4 is 52.0 Å². The molecule has 3 rings (SSSR count). The van der Waals surface area contributed by atoms with E-state index in [1.54, 1.807) is 44.0 Å². The highest BCUT2D eigenvalue weighted by molar-refractivity contribution is 6.36. The van der Waals surface area contributed by atoms with E-state index in [1.165, 1.54) is 4.90 Å². The fourth-order valence-electron chi connectivity index (χ4n) is 3.38. The lowest BCUT2D eigenvalue weighted by Gasteiger charge is -2.31. The standard InChI is InChI=1S/C22H28Cl2N4O4/c1-21(2,3)31-19(29)27-8-7-14(12-27)28(20(30)32-22(4,5)6)17-10-13-9-16(23)26-18(24)15(13)11-25-17/h9-11,14H,7-8,12H2,1-6H3/t14-/m0/s1. The first-order chi connectivity index (χ1) is 14.7. The second kappa shape index (κ2) is 8.90. The average Bonchev–Trinajstić information content (AvgIpc) is 3.08. The molecule has 1 aliphatic rings. The van der Waals surface area contributed by atoms with Crippen molar-refractivity contribution in [3.63, 3.8) is 0 Å². The van der Waals surface area contributed by atoms with Crippen LogP contribution >= 0.6 is 23.2 Å². The monoisotopic (exact) mass is 482 g/mol. The van der Waals surface area contributed by atoms with Gasteiger partial charge in [-0.15, -0.1) is 0 Å². The van der Waals surface area contributed by atoms with Crippen molar-refractivity contribution in [1.29, 1.82) is 0 Å². The molecule has 1 aliphatic heterocycles. The number of hydrogen-bond donors (Lipinski definition) is 0. The molecule has 1 fully saturated rings. The van der Waals surface area contributed by atoms with Crippen LogP contribution in [0.5, 0.6) is 0 Å². The van der Waals surface area contributed by atoms with Gasteiger partial charge < -0.3 is 14.4 Å². The molecule has 1 saturated heterocycles. The molecule has 174 valence electrons. The SMILES string of the molecule is CC(C)(C)OC(=O)N1CC[C@H](N(C(=O)OC(C)(C)C)c2cc3cc(Cl)nc(Cl)c3cn2)C1. The molecule has 0 spiro atoms. The summed E-state index contributed by atoms with van der Waals surface area (Å²) >= 11 is 12.2. The summed E-state index contributed by atoms with van der Waals surface area (Å²) < 4.78 is 11.1. The number of rotatable bonds is 2. The van der Waals surface area contributed by atoms with Crippen LogP contribution in [0, 0.1) is 0 Å². The van der Waals surface area contributed by atoms with E-state index in [4.69, 9.17) is 32.7 Å². The number of aromatic nitrogens is 2.